The fourth-order valence-electron chi connectivity index (χ4n) is 2.41. The Morgan fingerprint density at radius 3 is 2.36 bits per heavy atom. The molecule has 3 nitrogen and oxygen atoms in total. The summed E-state index contributed by atoms with van der Waals surface area (Å²) in [5.74, 6) is 0.939. The van der Waals surface area contributed by atoms with Crippen LogP contribution in [0.4, 0.5) is 0 Å². The van der Waals surface area contributed by atoms with Gasteiger partial charge in [0.25, 0.3) is 0 Å². The van der Waals surface area contributed by atoms with E-state index in [1.807, 2.05) is 24.3 Å². The summed E-state index contributed by atoms with van der Waals surface area (Å²) < 4.78 is 5.84. The van der Waals surface area contributed by atoms with Gasteiger partial charge in [-0.05, 0) is 30.5 Å². The summed E-state index contributed by atoms with van der Waals surface area (Å²) in [7, 11) is 0. The standard InChI is InChI=1S/C19H25NO2/c1-17-7-5-6-10-19(17)22-16-14-20(13-15-21)12-11-18-8-3-2-4-9-18/h2-10,21H,11-16H2,1H3. The normalized spacial score (nSPS) is 10.9. The van der Waals surface area contributed by atoms with Crippen molar-refractivity contribution in [3.05, 3.63) is 65.7 Å². The summed E-state index contributed by atoms with van der Waals surface area (Å²) >= 11 is 0. The largest absolute Gasteiger partial charge is 0.492 e. The molecule has 0 saturated heterocycles. The van der Waals surface area contributed by atoms with E-state index >= 15 is 0 Å². The van der Waals surface area contributed by atoms with Gasteiger partial charge in [-0.3, -0.25) is 4.90 Å². The molecule has 0 fully saturated rings. The lowest BCUT2D eigenvalue weighted by Crippen LogP contribution is -2.33. The van der Waals surface area contributed by atoms with Crippen molar-refractivity contribution in [1.29, 1.82) is 0 Å². The number of benzene rings is 2. The predicted molar refractivity (Wildman–Crippen MR) is 90.3 cm³/mol. The minimum absolute atomic E-state index is 0.180. The van der Waals surface area contributed by atoms with Crippen molar-refractivity contribution in [2.45, 2.75) is 13.3 Å². The number of ether oxygens (including phenoxy) is 1. The summed E-state index contributed by atoms with van der Waals surface area (Å²) in [5.41, 5.74) is 2.48. The molecule has 22 heavy (non-hydrogen) atoms. The summed E-state index contributed by atoms with van der Waals surface area (Å²) in [4.78, 5) is 2.24. The lowest BCUT2D eigenvalue weighted by molar-refractivity contribution is 0.169. The second kappa shape index (κ2) is 9.23. The minimum atomic E-state index is 0.180. The topological polar surface area (TPSA) is 32.7 Å². The van der Waals surface area contributed by atoms with Crippen LogP contribution in [-0.4, -0.2) is 42.9 Å². The van der Waals surface area contributed by atoms with E-state index < -0.39 is 0 Å². The maximum absolute atomic E-state index is 9.21. The molecule has 118 valence electrons. The second-order valence-electron chi connectivity index (χ2n) is 5.41. The average Bonchev–Trinajstić information content (AvgIpc) is 2.55. The zero-order valence-corrected chi connectivity index (χ0v) is 13.2. The first-order valence-corrected chi connectivity index (χ1v) is 7.85. The van der Waals surface area contributed by atoms with Gasteiger partial charge in [0.1, 0.15) is 12.4 Å². The van der Waals surface area contributed by atoms with Gasteiger partial charge in [-0.15, -0.1) is 0 Å². The third kappa shape index (κ3) is 5.51. The fourth-order valence-corrected chi connectivity index (χ4v) is 2.41. The number of para-hydroxylation sites is 1. The van der Waals surface area contributed by atoms with E-state index in [1.165, 1.54) is 5.56 Å². The molecular formula is C19H25NO2. The number of rotatable bonds is 9. The number of aliphatic hydroxyl groups excluding tert-OH is 1. The Morgan fingerprint density at radius 2 is 1.64 bits per heavy atom. The van der Waals surface area contributed by atoms with E-state index in [0.717, 1.165) is 30.8 Å². The smallest absolute Gasteiger partial charge is 0.122 e. The van der Waals surface area contributed by atoms with Crippen molar-refractivity contribution in [1.82, 2.24) is 4.90 Å². The number of hydrogen-bond acceptors (Lipinski definition) is 3. The predicted octanol–water partition coefficient (Wildman–Crippen LogP) is 2.91. The van der Waals surface area contributed by atoms with Gasteiger partial charge < -0.3 is 9.84 Å². The van der Waals surface area contributed by atoms with Crippen LogP contribution in [0.1, 0.15) is 11.1 Å². The molecule has 0 aliphatic rings. The highest BCUT2D eigenvalue weighted by Gasteiger charge is 2.06. The van der Waals surface area contributed by atoms with Gasteiger partial charge in [0.15, 0.2) is 0 Å². The van der Waals surface area contributed by atoms with Crippen LogP contribution < -0.4 is 4.74 Å². The van der Waals surface area contributed by atoms with E-state index in [1.54, 1.807) is 0 Å². The molecule has 0 unspecified atom stereocenters. The molecule has 0 atom stereocenters. The first-order chi connectivity index (χ1) is 10.8. The summed E-state index contributed by atoms with van der Waals surface area (Å²) in [6, 6.07) is 18.5. The van der Waals surface area contributed by atoms with Gasteiger partial charge >= 0.3 is 0 Å². The lowest BCUT2D eigenvalue weighted by atomic mass is 10.1. The van der Waals surface area contributed by atoms with Crippen LogP contribution in [-0.2, 0) is 6.42 Å². The Labute approximate surface area is 133 Å². The van der Waals surface area contributed by atoms with Crippen molar-refractivity contribution in [3.63, 3.8) is 0 Å². The molecule has 3 heteroatoms. The molecule has 0 radical (unpaired) electrons. The maximum atomic E-state index is 9.21. The molecule has 0 saturated carbocycles. The molecule has 0 heterocycles. The fraction of sp³-hybridized carbons (Fsp3) is 0.368. The Kier molecular flexibility index (Phi) is 6.94. The number of hydrogen-bond donors (Lipinski definition) is 1. The monoisotopic (exact) mass is 299 g/mol. The SMILES string of the molecule is Cc1ccccc1OCCN(CCO)CCc1ccccc1. The number of aliphatic hydroxyl groups is 1. The zero-order valence-electron chi connectivity index (χ0n) is 13.2. The van der Waals surface area contributed by atoms with Crippen LogP contribution in [0, 0.1) is 6.92 Å². The van der Waals surface area contributed by atoms with Gasteiger partial charge in [0.05, 0.1) is 6.61 Å². The average molecular weight is 299 g/mol. The van der Waals surface area contributed by atoms with Gasteiger partial charge in [0, 0.05) is 19.6 Å². The van der Waals surface area contributed by atoms with Gasteiger partial charge in [-0.25, -0.2) is 0 Å². The number of aryl methyl sites for hydroxylation is 1. The summed E-state index contributed by atoms with van der Waals surface area (Å²) in [5, 5.41) is 9.21. The quantitative estimate of drug-likeness (QED) is 0.773. The lowest BCUT2D eigenvalue weighted by Gasteiger charge is -2.21. The van der Waals surface area contributed by atoms with E-state index in [2.05, 4.69) is 42.2 Å². The van der Waals surface area contributed by atoms with Crippen molar-refractivity contribution in [2.75, 3.05) is 32.8 Å². The highest BCUT2D eigenvalue weighted by atomic mass is 16.5. The molecule has 2 aromatic carbocycles. The molecule has 0 aromatic heterocycles. The van der Waals surface area contributed by atoms with Gasteiger partial charge in [0.2, 0.25) is 0 Å². The molecular weight excluding hydrogens is 274 g/mol. The number of nitrogens with zero attached hydrogens (tertiary/aromatic N) is 1. The van der Waals surface area contributed by atoms with Crippen LogP contribution in [0.5, 0.6) is 5.75 Å². The highest BCUT2D eigenvalue weighted by molar-refractivity contribution is 5.31. The summed E-state index contributed by atoms with van der Waals surface area (Å²) in [6.45, 7) is 5.31. The molecule has 0 aliphatic carbocycles. The van der Waals surface area contributed by atoms with Crippen LogP contribution >= 0.6 is 0 Å². The molecule has 0 amide bonds. The molecule has 0 aliphatic heterocycles. The van der Waals surface area contributed by atoms with Crippen molar-refractivity contribution in [2.24, 2.45) is 0 Å². The van der Waals surface area contributed by atoms with Gasteiger partial charge in [-0.2, -0.15) is 0 Å². The maximum Gasteiger partial charge on any atom is 0.122 e. The Hall–Kier alpha value is -1.84. The third-order valence-corrected chi connectivity index (χ3v) is 3.73. The highest BCUT2D eigenvalue weighted by Crippen LogP contribution is 2.15. The molecule has 0 bridgehead atoms. The third-order valence-electron chi connectivity index (χ3n) is 3.73. The van der Waals surface area contributed by atoms with Crippen molar-refractivity contribution < 1.29 is 9.84 Å². The van der Waals surface area contributed by atoms with E-state index in [9.17, 15) is 5.11 Å². The van der Waals surface area contributed by atoms with E-state index in [-0.39, 0.29) is 6.61 Å². The van der Waals surface area contributed by atoms with E-state index in [4.69, 9.17) is 4.74 Å². The Balaban J connectivity index is 1.77. The van der Waals surface area contributed by atoms with Crippen molar-refractivity contribution >= 4 is 0 Å². The molecule has 0 spiro atoms. The zero-order chi connectivity index (χ0) is 15.6. The van der Waals surface area contributed by atoms with Crippen LogP contribution in [0.25, 0.3) is 0 Å². The Morgan fingerprint density at radius 1 is 0.909 bits per heavy atom. The molecule has 1 N–H and O–H groups in total. The van der Waals surface area contributed by atoms with Crippen LogP contribution in [0.3, 0.4) is 0 Å². The Bertz CT molecular complexity index is 542. The first kappa shape index (κ1) is 16.5. The van der Waals surface area contributed by atoms with Crippen molar-refractivity contribution in [3.8, 4) is 5.75 Å². The minimum Gasteiger partial charge on any atom is -0.492 e. The van der Waals surface area contributed by atoms with Crippen LogP contribution in [0.2, 0.25) is 0 Å². The van der Waals surface area contributed by atoms with Crippen LogP contribution in [0.15, 0.2) is 54.6 Å². The van der Waals surface area contributed by atoms with Gasteiger partial charge in [-0.1, -0.05) is 48.5 Å². The first-order valence-electron chi connectivity index (χ1n) is 7.85. The second-order valence-corrected chi connectivity index (χ2v) is 5.41. The molecule has 2 rings (SSSR count). The summed E-state index contributed by atoms with van der Waals surface area (Å²) in [6.07, 6.45) is 0.991. The van der Waals surface area contributed by atoms with E-state index in [0.29, 0.717) is 13.2 Å². The molecule has 2 aromatic rings.